The fourth-order valence-corrected chi connectivity index (χ4v) is 3.04. The summed E-state index contributed by atoms with van der Waals surface area (Å²) in [5, 5.41) is 0. The molecule has 0 heterocycles. The molecule has 0 unspecified atom stereocenters. The first-order valence-corrected chi connectivity index (χ1v) is 9.08. The molecule has 7 heteroatoms. The third-order valence-corrected chi connectivity index (χ3v) is 4.96. The van der Waals surface area contributed by atoms with Crippen molar-refractivity contribution in [2.24, 2.45) is 0 Å². The van der Waals surface area contributed by atoms with Crippen LogP contribution in [0.25, 0.3) is 5.57 Å². The number of methoxy groups -OCH3 is 1. The molecule has 0 saturated carbocycles. The van der Waals surface area contributed by atoms with Crippen molar-refractivity contribution in [2.75, 3.05) is 7.11 Å². The number of aryl methyl sites for hydroxylation is 1. The van der Waals surface area contributed by atoms with E-state index in [2.05, 4.69) is 15.9 Å². The van der Waals surface area contributed by atoms with E-state index in [0.717, 1.165) is 16.3 Å². The van der Waals surface area contributed by atoms with Crippen molar-refractivity contribution < 1.29 is 22.1 Å². The van der Waals surface area contributed by atoms with Gasteiger partial charge in [0.15, 0.2) is 0 Å². The second-order valence-corrected chi connectivity index (χ2v) is 7.33. The number of carbonyl (C=O) groups is 1. The summed E-state index contributed by atoms with van der Waals surface area (Å²) in [6, 6.07) is 13.0. The van der Waals surface area contributed by atoms with Gasteiger partial charge in [0.05, 0.1) is 7.11 Å². The van der Waals surface area contributed by atoms with Gasteiger partial charge in [-0.25, -0.2) is 4.79 Å². The number of rotatable bonds is 5. The first-order valence-electron chi connectivity index (χ1n) is 6.88. The Balaban J connectivity index is 2.39. The predicted molar refractivity (Wildman–Crippen MR) is 93.6 cm³/mol. The Kier molecular flexibility index (Phi) is 5.80. The maximum absolute atomic E-state index is 12.2. The standard InChI is InChI=1S/C17H15BrO5S/c1-12-5-3-4-6-15(12)16(17(19)22-2)11-23-24(20,21)14-9-7-13(18)8-10-14/h3-11H,1-2H3. The number of carbonyl (C=O) groups excluding carboxylic acids is 1. The van der Waals surface area contributed by atoms with E-state index in [-0.39, 0.29) is 10.5 Å². The second kappa shape index (κ2) is 7.63. The summed E-state index contributed by atoms with van der Waals surface area (Å²) in [7, 11) is -2.82. The molecule has 0 N–H and O–H groups in total. The summed E-state index contributed by atoms with van der Waals surface area (Å²) in [6.07, 6.45) is 0.908. The highest BCUT2D eigenvalue weighted by Gasteiger charge is 2.19. The molecule has 0 aliphatic carbocycles. The molecule has 0 aliphatic heterocycles. The summed E-state index contributed by atoms with van der Waals surface area (Å²) in [4.78, 5) is 12.0. The van der Waals surface area contributed by atoms with Crippen LogP contribution < -0.4 is 0 Å². The van der Waals surface area contributed by atoms with Gasteiger partial charge < -0.3 is 8.92 Å². The molecule has 0 spiro atoms. The van der Waals surface area contributed by atoms with E-state index < -0.39 is 16.1 Å². The van der Waals surface area contributed by atoms with Crippen LogP contribution in [0.5, 0.6) is 0 Å². The van der Waals surface area contributed by atoms with Gasteiger partial charge in [-0.3, -0.25) is 0 Å². The van der Waals surface area contributed by atoms with Gasteiger partial charge in [0.2, 0.25) is 0 Å². The zero-order chi connectivity index (χ0) is 17.7. The molecule has 0 aromatic heterocycles. The lowest BCUT2D eigenvalue weighted by Gasteiger charge is -2.09. The Hall–Kier alpha value is -2.12. The van der Waals surface area contributed by atoms with Crippen LogP contribution in [0.4, 0.5) is 0 Å². The lowest BCUT2D eigenvalue weighted by atomic mass is 10.0. The lowest BCUT2D eigenvalue weighted by molar-refractivity contribution is -0.133. The van der Waals surface area contributed by atoms with Gasteiger partial charge in [0, 0.05) is 4.47 Å². The molecule has 2 aromatic carbocycles. The van der Waals surface area contributed by atoms with Crippen LogP contribution in [0.3, 0.4) is 0 Å². The average molecular weight is 411 g/mol. The summed E-state index contributed by atoms with van der Waals surface area (Å²) < 4.78 is 34.9. The zero-order valence-electron chi connectivity index (χ0n) is 13.0. The van der Waals surface area contributed by atoms with Gasteiger partial charge in [-0.05, 0) is 42.3 Å². The van der Waals surface area contributed by atoms with Gasteiger partial charge in [-0.1, -0.05) is 40.2 Å². The molecule has 0 amide bonds. The monoisotopic (exact) mass is 410 g/mol. The van der Waals surface area contributed by atoms with Gasteiger partial charge >= 0.3 is 16.1 Å². The van der Waals surface area contributed by atoms with Crippen molar-refractivity contribution >= 4 is 37.6 Å². The summed E-state index contributed by atoms with van der Waals surface area (Å²) in [5.74, 6) is -0.685. The molecule has 2 rings (SSSR count). The SMILES string of the molecule is COC(=O)C(=COS(=O)(=O)c1ccc(Br)cc1)c1ccccc1C. The molecule has 0 aliphatic rings. The van der Waals surface area contributed by atoms with Gasteiger partial charge in [0.25, 0.3) is 0 Å². The third-order valence-electron chi connectivity index (χ3n) is 3.24. The molecule has 0 saturated heterocycles. The molecule has 0 bridgehead atoms. The summed E-state index contributed by atoms with van der Waals surface area (Å²) in [5.41, 5.74) is 1.35. The quantitative estimate of drug-likeness (QED) is 0.325. The summed E-state index contributed by atoms with van der Waals surface area (Å²) in [6.45, 7) is 1.80. The van der Waals surface area contributed by atoms with E-state index >= 15 is 0 Å². The molecule has 0 atom stereocenters. The minimum absolute atomic E-state index is 0.0176. The maximum atomic E-state index is 12.2. The molecule has 0 fully saturated rings. The predicted octanol–water partition coefficient (Wildman–Crippen LogP) is 3.68. The Morgan fingerprint density at radius 3 is 2.29 bits per heavy atom. The molecule has 126 valence electrons. The largest absolute Gasteiger partial charge is 0.465 e. The fourth-order valence-electron chi connectivity index (χ4n) is 1.97. The topological polar surface area (TPSA) is 69.7 Å². The third kappa shape index (κ3) is 4.24. The maximum Gasteiger partial charge on any atom is 0.341 e. The second-order valence-electron chi connectivity index (χ2n) is 4.84. The van der Waals surface area contributed by atoms with Crippen LogP contribution >= 0.6 is 15.9 Å². The van der Waals surface area contributed by atoms with Gasteiger partial charge in [-0.15, -0.1) is 0 Å². The van der Waals surface area contributed by atoms with E-state index in [4.69, 9.17) is 8.92 Å². The normalized spacial score (nSPS) is 11.9. The number of halogens is 1. The van der Waals surface area contributed by atoms with Crippen molar-refractivity contribution in [3.8, 4) is 0 Å². The van der Waals surface area contributed by atoms with Gasteiger partial charge in [0.1, 0.15) is 16.7 Å². The molecule has 24 heavy (non-hydrogen) atoms. The first-order chi connectivity index (χ1) is 11.3. The Bertz CT molecular complexity index is 870. The fraction of sp³-hybridized carbons (Fsp3) is 0.118. The highest BCUT2D eigenvalue weighted by molar-refractivity contribution is 9.10. The van der Waals surface area contributed by atoms with Crippen LogP contribution in [-0.2, 0) is 23.8 Å². The Labute approximate surface area is 149 Å². The highest BCUT2D eigenvalue weighted by Crippen LogP contribution is 2.22. The van der Waals surface area contributed by atoms with Gasteiger partial charge in [-0.2, -0.15) is 8.42 Å². The van der Waals surface area contributed by atoms with Crippen molar-refractivity contribution in [1.82, 2.24) is 0 Å². The van der Waals surface area contributed by atoms with Crippen molar-refractivity contribution in [3.05, 3.63) is 70.4 Å². The van der Waals surface area contributed by atoms with E-state index in [1.165, 1.54) is 19.2 Å². The number of esters is 1. The Morgan fingerprint density at radius 1 is 1.08 bits per heavy atom. The lowest BCUT2D eigenvalue weighted by Crippen LogP contribution is -2.08. The molecule has 0 radical (unpaired) electrons. The number of benzene rings is 2. The average Bonchev–Trinajstić information content (AvgIpc) is 2.56. The highest BCUT2D eigenvalue weighted by atomic mass is 79.9. The van der Waals surface area contributed by atoms with Crippen LogP contribution in [0, 0.1) is 6.92 Å². The zero-order valence-corrected chi connectivity index (χ0v) is 15.4. The molecule has 2 aromatic rings. The van der Waals surface area contributed by atoms with E-state index in [1.807, 2.05) is 6.07 Å². The van der Waals surface area contributed by atoms with E-state index in [9.17, 15) is 13.2 Å². The molecule has 5 nitrogen and oxygen atoms in total. The number of hydrogen-bond donors (Lipinski definition) is 0. The first kappa shape index (κ1) is 18.2. The van der Waals surface area contributed by atoms with Crippen LogP contribution in [-0.4, -0.2) is 21.5 Å². The minimum Gasteiger partial charge on any atom is -0.465 e. The van der Waals surface area contributed by atoms with Crippen LogP contribution in [0.2, 0.25) is 0 Å². The van der Waals surface area contributed by atoms with Crippen molar-refractivity contribution in [3.63, 3.8) is 0 Å². The van der Waals surface area contributed by atoms with Crippen LogP contribution in [0.1, 0.15) is 11.1 Å². The van der Waals surface area contributed by atoms with Crippen LogP contribution in [0.15, 0.2) is 64.2 Å². The number of ether oxygens (including phenoxy) is 1. The summed E-state index contributed by atoms with van der Waals surface area (Å²) >= 11 is 3.23. The van der Waals surface area contributed by atoms with Crippen molar-refractivity contribution in [1.29, 1.82) is 0 Å². The smallest absolute Gasteiger partial charge is 0.341 e. The van der Waals surface area contributed by atoms with E-state index in [1.54, 1.807) is 37.3 Å². The molecular weight excluding hydrogens is 396 g/mol. The number of hydrogen-bond acceptors (Lipinski definition) is 5. The Morgan fingerprint density at radius 2 is 1.71 bits per heavy atom. The minimum atomic E-state index is -4.04. The molecular formula is C17H15BrO5S. The van der Waals surface area contributed by atoms with Crippen molar-refractivity contribution in [2.45, 2.75) is 11.8 Å². The van der Waals surface area contributed by atoms with E-state index in [0.29, 0.717) is 5.56 Å².